The van der Waals surface area contributed by atoms with Crippen LogP contribution in [0.5, 0.6) is 0 Å². The molecule has 0 heterocycles. The van der Waals surface area contributed by atoms with Gasteiger partial charge in [-0.25, -0.2) is 0 Å². The largest absolute Gasteiger partial charge is 0.460 e. The Morgan fingerprint density at radius 3 is 2.18 bits per heavy atom. The number of carbonyl (C=O) groups excluding carboxylic acids is 1. The Labute approximate surface area is 89.9 Å². The molecule has 0 amide bonds. The highest BCUT2D eigenvalue weighted by Gasteiger charge is 2.21. The zero-order chi connectivity index (χ0) is 8.20. The molecule has 0 radical (unpaired) electrons. The summed E-state index contributed by atoms with van der Waals surface area (Å²) in [7, 11) is 0. The van der Waals surface area contributed by atoms with E-state index in [4.69, 9.17) is 40.5 Å². The molecule has 0 rings (SSSR count). The highest BCUT2D eigenvalue weighted by Crippen LogP contribution is 2.25. The summed E-state index contributed by atoms with van der Waals surface area (Å²) < 4.78 is 2.85. The minimum absolute atomic E-state index is 0. The van der Waals surface area contributed by atoms with E-state index in [1.165, 1.54) is 0 Å². The molecule has 7 heteroatoms. The van der Waals surface area contributed by atoms with E-state index in [1.807, 2.05) is 0 Å². The fourth-order valence-electron chi connectivity index (χ4n) is 0.221. The fourth-order valence-corrected chi connectivity index (χ4v) is 0.385. The van der Waals surface area contributed by atoms with E-state index in [0.29, 0.717) is 0 Å². The minimum atomic E-state index is -1.55. The smallest absolute Gasteiger partial charge is 0.319 e. The fraction of sp³-hybridized carbons (Fsp3) is 0.750. The SMILES string of the molecule is Br.NCC(=O)OCC(Cl)(Cl)Cl. The molecule has 0 saturated heterocycles. The van der Waals surface area contributed by atoms with Crippen LogP contribution >= 0.6 is 51.8 Å². The highest BCUT2D eigenvalue weighted by molar-refractivity contribution is 8.93. The van der Waals surface area contributed by atoms with Crippen molar-refractivity contribution in [3.8, 4) is 0 Å². The number of nitrogens with two attached hydrogens (primary N) is 1. The van der Waals surface area contributed by atoms with E-state index in [-0.39, 0.29) is 30.1 Å². The van der Waals surface area contributed by atoms with Gasteiger partial charge in [0.15, 0.2) is 0 Å². The molecule has 0 aliphatic heterocycles. The maximum atomic E-state index is 10.3. The maximum Gasteiger partial charge on any atom is 0.319 e. The summed E-state index contributed by atoms with van der Waals surface area (Å²) >= 11 is 15.7. The third-order valence-corrected chi connectivity index (χ3v) is 0.891. The van der Waals surface area contributed by atoms with Crippen molar-refractivity contribution in [1.82, 2.24) is 0 Å². The minimum Gasteiger partial charge on any atom is -0.460 e. The third-order valence-electron chi connectivity index (χ3n) is 0.563. The van der Waals surface area contributed by atoms with Crippen LogP contribution in [-0.4, -0.2) is 22.9 Å². The first-order valence-electron chi connectivity index (χ1n) is 2.38. The maximum absolute atomic E-state index is 10.3. The lowest BCUT2D eigenvalue weighted by atomic mass is 10.7. The van der Waals surface area contributed by atoms with Crippen molar-refractivity contribution in [3.63, 3.8) is 0 Å². The summed E-state index contributed by atoms with van der Waals surface area (Å²) in [5.74, 6) is -0.591. The number of hydrogen-bond acceptors (Lipinski definition) is 3. The van der Waals surface area contributed by atoms with Crippen LogP contribution in [0.15, 0.2) is 0 Å². The van der Waals surface area contributed by atoms with Gasteiger partial charge in [0.1, 0.15) is 6.61 Å². The summed E-state index contributed by atoms with van der Waals surface area (Å²) in [5, 5.41) is 0. The second-order valence-electron chi connectivity index (χ2n) is 1.48. The molecule has 11 heavy (non-hydrogen) atoms. The van der Waals surface area contributed by atoms with E-state index in [9.17, 15) is 4.79 Å². The predicted molar refractivity (Wildman–Crippen MR) is 50.6 cm³/mol. The molecule has 0 bridgehead atoms. The molecule has 0 unspecified atom stereocenters. The lowest BCUT2D eigenvalue weighted by molar-refractivity contribution is -0.141. The highest BCUT2D eigenvalue weighted by atomic mass is 79.9. The second kappa shape index (κ2) is 6.31. The van der Waals surface area contributed by atoms with E-state index < -0.39 is 9.76 Å². The molecule has 2 N–H and O–H groups in total. The molecular weight excluding hydrogens is 280 g/mol. The van der Waals surface area contributed by atoms with Crippen LogP contribution in [0.25, 0.3) is 0 Å². The zero-order valence-corrected chi connectivity index (χ0v) is 9.33. The van der Waals surface area contributed by atoms with E-state index >= 15 is 0 Å². The number of rotatable bonds is 2. The summed E-state index contributed by atoms with van der Waals surface area (Å²) in [5.41, 5.74) is 4.90. The Bertz CT molecular complexity index is 127. The third kappa shape index (κ3) is 10.8. The lowest BCUT2D eigenvalue weighted by Crippen LogP contribution is -2.22. The van der Waals surface area contributed by atoms with Crippen molar-refractivity contribution < 1.29 is 9.53 Å². The normalized spacial score (nSPS) is 10.2. The molecule has 3 nitrogen and oxygen atoms in total. The predicted octanol–water partition coefficient (Wildman–Crippen LogP) is 1.44. The molecule has 0 aliphatic rings. The van der Waals surface area contributed by atoms with Crippen molar-refractivity contribution in [1.29, 1.82) is 0 Å². The first-order valence-corrected chi connectivity index (χ1v) is 3.51. The Kier molecular flexibility index (Phi) is 8.21. The Morgan fingerprint density at radius 2 is 1.91 bits per heavy atom. The van der Waals surface area contributed by atoms with E-state index in [1.54, 1.807) is 0 Å². The van der Waals surface area contributed by atoms with Crippen LogP contribution in [0.2, 0.25) is 0 Å². The molecule has 0 aliphatic carbocycles. The molecule has 0 atom stereocenters. The van der Waals surface area contributed by atoms with Gasteiger partial charge in [-0.3, -0.25) is 4.79 Å². The topological polar surface area (TPSA) is 52.3 Å². The number of alkyl halides is 3. The quantitative estimate of drug-likeness (QED) is 0.617. The van der Waals surface area contributed by atoms with Crippen molar-refractivity contribution in [3.05, 3.63) is 0 Å². The molecule has 0 fully saturated rings. The van der Waals surface area contributed by atoms with Gasteiger partial charge in [-0.1, -0.05) is 34.8 Å². The van der Waals surface area contributed by atoms with E-state index in [2.05, 4.69) is 4.74 Å². The van der Waals surface area contributed by atoms with Gasteiger partial charge in [0.05, 0.1) is 6.54 Å². The Hall–Kier alpha value is 0.780. The first kappa shape index (κ1) is 14.3. The van der Waals surface area contributed by atoms with Crippen LogP contribution in [0, 0.1) is 0 Å². The lowest BCUT2D eigenvalue weighted by Gasteiger charge is -2.09. The number of ether oxygens (including phenoxy) is 1. The van der Waals surface area contributed by atoms with Gasteiger partial charge in [-0.15, -0.1) is 17.0 Å². The number of hydrogen-bond donors (Lipinski definition) is 1. The summed E-state index contributed by atoms with van der Waals surface area (Å²) in [6.07, 6.45) is 0. The average Bonchev–Trinajstić information content (AvgIpc) is 1.81. The molecule has 0 aromatic rings. The van der Waals surface area contributed by atoms with Gasteiger partial charge in [0.25, 0.3) is 0 Å². The van der Waals surface area contributed by atoms with Gasteiger partial charge in [-0.05, 0) is 0 Å². The van der Waals surface area contributed by atoms with Crippen molar-refractivity contribution >= 4 is 57.8 Å². The molecular formula is C4H7BrCl3NO2. The number of carbonyl (C=O) groups is 1. The second-order valence-corrected chi connectivity index (χ2v) is 4.00. The first-order chi connectivity index (χ1) is 4.45. The van der Waals surface area contributed by atoms with Crippen molar-refractivity contribution in [2.24, 2.45) is 5.73 Å². The van der Waals surface area contributed by atoms with Gasteiger partial charge in [0, 0.05) is 0 Å². The molecule has 0 saturated carbocycles. The van der Waals surface area contributed by atoms with Gasteiger partial charge < -0.3 is 10.5 Å². The van der Waals surface area contributed by atoms with Crippen molar-refractivity contribution in [2.45, 2.75) is 3.79 Å². The van der Waals surface area contributed by atoms with Crippen LogP contribution in [0.1, 0.15) is 0 Å². The monoisotopic (exact) mass is 285 g/mol. The van der Waals surface area contributed by atoms with Crippen LogP contribution < -0.4 is 5.73 Å². The van der Waals surface area contributed by atoms with Gasteiger partial charge >= 0.3 is 5.97 Å². The number of halogens is 4. The Balaban J connectivity index is 0. The van der Waals surface area contributed by atoms with Gasteiger partial charge in [0.2, 0.25) is 3.79 Å². The van der Waals surface area contributed by atoms with Gasteiger partial charge in [-0.2, -0.15) is 0 Å². The van der Waals surface area contributed by atoms with Crippen LogP contribution in [0.4, 0.5) is 0 Å². The zero-order valence-electron chi connectivity index (χ0n) is 5.35. The molecule has 0 spiro atoms. The van der Waals surface area contributed by atoms with E-state index in [0.717, 1.165) is 0 Å². The molecule has 0 aromatic heterocycles. The Morgan fingerprint density at radius 1 is 1.45 bits per heavy atom. The average molecular weight is 287 g/mol. The number of esters is 1. The summed E-state index contributed by atoms with van der Waals surface area (Å²) in [4.78, 5) is 10.3. The van der Waals surface area contributed by atoms with Crippen molar-refractivity contribution in [2.75, 3.05) is 13.2 Å². The standard InChI is InChI=1S/C4H6Cl3NO2.BrH/c5-4(6,7)2-10-3(9)1-8;/h1-2,8H2;1H. The summed E-state index contributed by atoms with van der Waals surface area (Å²) in [6.45, 7) is -0.478. The molecule has 68 valence electrons. The summed E-state index contributed by atoms with van der Waals surface area (Å²) in [6, 6.07) is 0. The molecule has 0 aromatic carbocycles. The van der Waals surface area contributed by atoms with Crippen LogP contribution in [-0.2, 0) is 9.53 Å². The van der Waals surface area contributed by atoms with Crippen LogP contribution in [0.3, 0.4) is 0 Å².